The van der Waals surface area contributed by atoms with E-state index in [9.17, 15) is 4.79 Å². The first-order valence-electron chi connectivity index (χ1n) is 5.41. The largest absolute Gasteiger partial charge is 0.392 e. The first-order chi connectivity index (χ1) is 8.70. The highest BCUT2D eigenvalue weighted by Gasteiger charge is 2.07. The highest BCUT2D eigenvalue weighted by Crippen LogP contribution is 2.20. The molecule has 92 valence electrons. The molecule has 5 nitrogen and oxygen atoms in total. The Morgan fingerprint density at radius 2 is 2.22 bits per heavy atom. The van der Waals surface area contributed by atoms with Crippen LogP contribution in [-0.2, 0) is 6.61 Å². The van der Waals surface area contributed by atoms with E-state index in [4.69, 9.17) is 10.8 Å². The molecule has 1 heterocycles. The second-order valence-corrected chi connectivity index (χ2v) is 3.77. The van der Waals surface area contributed by atoms with Gasteiger partial charge in [0.2, 0.25) is 0 Å². The Morgan fingerprint density at radius 3 is 2.94 bits per heavy atom. The second kappa shape index (κ2) is 5.29. The molecule has 0 saturated carbocycles. The molecule has 0 aliphatic carbocycles. The summed E-state index contributed by atoms with van der Waals surface area (Å²) in [5, 5.41) is 12.1. The number of nitrogens with one attached hydrogen (secondary N) is 1. The lowest BCUT2D eigenvalue weighted by Gasteiger charge is -2.10. The molecule has 1 aromatic heterocycles. The molecule has 0 radical (unpaired) electrons. The molecule has 0 atom stereocenters. The first-order valence-corrected chi connectivity index (χ1v) is 5.41. The molecular formula is C13H13N3O2. The summed E-state index contributed by atoms with van der Waals surface area (Å²) in [6.45, 7) is -0.0332. The summed E-state index contributed by atoms with van der Waals surface area (Å²) in [5.74, 6) is -0.538. The minimum atomic E-state index is -0.538. The van der Waals surface area contributed by atoms with Crippen LogP contribution in [-0.4, -0.2) is 16.0 Å². The molecule has 0 bridgehead atoms. The van der Waals surface area contributed by atoms with Crippen molar-refractivity contribution in [2.75, 3.05) is 5.32 Å². The van der Waals surface area contributed by atoms with Crippen molar-refractivity contribution < 1.29 is 9.90 Å². The number of carbonyl (C=O) groups excluding carboxylic acids is 1. The predicted molar refractivity (Wildman–Crippen MR) is 68.4 cm³/mol. The van der Waals surface area contributed by atoms with Gasteiger partial charge >= 0.3 is 0 Å². The SMILES string of the molecule is NC(=O)c1cnccc1Nc1cccc(CO)c1. The maximum Gasteiger partial charge on any atom is 0.252 e. The van der Waals surface area contributed by atoms with Gasteiger partial charge in [0.25, 0.3) is 5.91 Å². The number of aromatic nitrogens is 1. The topological polar surface area (TPSA) is 88.2 Å². The Morgan fingerprint density at radius 1 is 1.39 bits per heavy atom. The van der Waals surface area contributed by atoms with Gasteiger partial charge in [0, 0.05) is 18.1 Å². The zero-order valence-electron chi connectivity index (χ0n) is 9.63. The normalized spacial score (nSPS) is 10.1. The van der Waals surface area contributed by atoms with Crippen molar-refractivity contribution in [3.63, 3.8) is 0 Å². The minimum absolute atomic E-state index is 0.0332. The van der Waals surface area contributed by atoms with Crippen LogP contribution in [0.15, 0.2) is 42.7 Å². The number of hydrogen-bond donors (Lipinski definition) is 3. The molecule has 0 unspecified atom stereocenters. The zero-order chi connectivity index (χ0) is 13.0. The van der Waals surface area contributed by atoms with Gasteiger partial charge in [-0.3, -0.25) is 9.78 Å². The highest BCUT2D eigenvalue weighted by molar-refractivity contribution is 5.98. The fourth-order valence-electron chi connectivity index (χ4n) is 1.60. The molecular weight excluding hydrogens is 230 g/mol. The third kappa shape index (κ3) is 2.64. The van der Waals surface area contributed by atoms with Gasteiger partial charge < -0.3 is 16.2 Å². The van der Waals surface area contributed by atoms with E-state index in [-0.39, 0.29) is 6.61 Å². The number of amides is 1. The van der Waals surface area contributed by atoms with Crippen LogP contribution in [0.1, 0.15) is 15.9 Å². The molecule has 5 heteroatoms. The third-order valence-electron chi connectivity index (χ3n) is 2.48. The van der Waals surface area contributed by atoms with Gasteiger partial charge in [-0.25, -0.2) is 0 Å². The Kier molecular flexibility index (Phi) is 3.54. The molecule has 0 aliphatic rings. The van der Waals surface area contributed by atoms with Crippen LogP contribution >= 0.6 is 0 Å². The Labute approximate surface area is 104 Å². The maximum atomic E-state index is 11.2. The number of hydrogen-bond acceptors (Lipinski definition) is 4. The highest BCUT2D eigenvalue weighted by atomic mass is 16.3. The van der Waals surface area contributed by atoms with Gasteiger partial charge in [0.15, 0.2) is 0 Å². The van der Waals surface area contributed by atoms with Gasteiger partial charge in [-0.2, -0.15) is 0 Å². The van der Waals surface area contributed by atoms with E-state index < -0.39 is 5.91 Å². The molecule has 1 amide bonds. The molecule has 4 N–H and O–H groups in total. The van der Waals surface area contributed by atoms with Crippen molar-refractivity contribution in [3.05, 3.63) is 53.9 Å². The number of benzene rings is 1. The van der Waals surface area contributed by atoms with Crippen molar-refractivity contribution in [1.29, 1.82) is 0 Å². The fourth-order valence-corrected chi connectivity index (χ4v) is 1.60. The summed E-state index contributed by atoms with van der Waals surface area (Å²) in [6.07, 6.45) is 2.99. The third-order valence-corrected chi connectivity index (χ3v) is 2.48. The van der Waals surface area contributed by atoms with Crippen LogP contribution in [0.2, 0.25) is 0 Å². The van der Waals surface area contributed by atoms with Crippen LogP contribution in [0, 0.1) is 0 Å². The number of anilines is 2. The van der Waals surface area contributed by atoms with Crippen LogP contribution in [0.25, 0.3) is 0 Å². The lowest BCUT2D eigenvalue weighted by atomic mass is 10.2. The number of carbonyl (C=O) groups is 1. The number of pyridine rings is 1. The average Bonchev–Trinajstić information content (AvgIpc) is 2.39. The van der Waals surface area contributed by atoms with Crippen molar-refractivity contribution in [2.45, 2.75) is 6.61 Å². The molecule has 0 saturated heterocycles. The number of primary amides is 1. The maximum absolute atomic E-state index is 11.2. The second-order valence-electron chi connectivity index (χ2n) is 3.77. The number of nitrogens with two attached hydrogens (primary N) is 1. The van der Waals surface area contributed by atoms with Gasteiger partial charge in [-0.05, 0) is 23.8 Å². The Hall–Kier alpha value is -2.40. The standard InChI is InChI=1S/C13H13N3O2/c14-13(18)11-7-15-5-4-12(11)16-10-3-1-2-9(6-10)8-17/h1-7,17H,8H2,(H2,14,18)(H,15,16). The van der Waals surface area contributed by atoms with Gasteiger partial charge in [0.05, 0.1) is 17.9 Å². The summed E-state index contributed by atoms with van der Waals surface area (Å²) in [4.78, 5) is 15.1. The quantitative estimate of drug-likeness (QED) is 0.757. The summed E-state index contributed by atoms with van der Waals surface area (Å²) in [6, 6.07) is 8.94. The van der Waals surface area contributed by atoms with Crippen molar-refractivity contribution in [2.24, 2.45) is 5.73 Å². The minimum Gasteiger partial charge on any atom is -0.392 e. The molecule has 0 spiro atoms. The van der Waals surface area contributed by atoms with E-state index >= 15 is 0 Å². The first kappa shape index (κ1) is 12.1. The number of aliphatic hydroxyl groups excluding tert-OH is 1. The molecule has 2 aromatic rings. The molecule has 2 rings (SSSR count). The molecule has 0 fully saturated rings. The molecule has 18 heavy (non-hydrogen) atoms. The van der Waals surface area contributed by atoms with Crippen LogP contribution < -0.4 is 11.1 Å². The lowest BCUT2D eigenvalue weighted by molar-refractivity contribution is 0.100. The summed E-state index contributed by atoms with van der Waals surface area (Å²) >= 11 is 0. The molecule has 0 aliphatic heterocycles. The Balaban J connectivity index is 2.31. The van der Waals surface area contributed by atoms with E-state index in [1.807, 2.05) is 18.2 Å². The van der Waals surface area contributed by atoms with Crippen LogP contribution in [0.4, 0.5) is 11.4 Å². The van der Waals surface area contributed by atoms with Crippen LogP contribution in [0.3, 0.4) is 0 Å². The van der Waals surface area contributed by atoms with Gasteiger partial charge in [0.1, 0.15) is 0 Å². The summed E-state index contributed by atoms with van der Waals surface area (Å²) in [7, 11) is 0. The smallest absolute Gasteiger partial charge is 0.252 e. The van der Waals surface area contributed by atoms with Crippen molar-refractivity contribution >= 4 is 17.3 Å². The Bertz CT molecular complexity index is 570. The van der Waals surface area contributed by atoms with E-state index in [2.05, 4.69) is 10.3 Å². The van der Waals surface area contributed by atoms with Gasteiger partial charge in [-0.1, -0.05) is 12.1 Å². The average molecular weight is 243 g/mol. The lowest BCUT2D eigenvalue weighted by Crippen LogP contribution is -2.13. The van der Waals surface area contributed by atoms with Crippen LogP contribution in [0.5, 0.6) is 0 Å². The van der Waals surface area contributed by atoms with E-state index in [1.54, 1.807) is 18.3 Å². The van der Waals surface area contributed by atoms with E-state index in [0.29, 0.717) is 11.3 Å². The van der Waals surface area contributed by atoms with E-state index in [1.165, 1.54) is 6.20 Å². The number of rotatable bonds is 4. The fraction of sp³-hybridized carbons (Fsp3) is 0.0769. The van der Waals surface area contributed by atoms with Crippen molar-refractivity contribution in [3.8, 4) is 0 Å². The summed E-state index contributed by atoms with van der Waals surface area (Å²) < 4.78 is 0. The molecule has 1 aromatic carbocycles. The van der Waals surface area contributed by atoms with Crippen molar-refractivity contribution in [1.82, 2.24) is 4.98 Å². The number of nitrogens with zero attached hydrogens (tertiary/aromatic N) is 1. The summed E-state index contributed by atoms with van der Waals surface area (Å²) in [5.41, 5.74) is 7.74. The zero-order valence-corrected chi connectivity index (χ0v) is 9.63. The number of aliphatic hydroxyl groups is 1. The van der Waals surface area contributed by atoms with E-state index in [0.717, 1.165) is 11.3 Å². The monoisotopic (exact) mass is 243 g/mol. The predicted octanol–water partition coefficient (Wildman–Crippen LogP) is 1.42. The van der Waals surface area contributed by atoms with Gasteiger partial charge in [-0.15, -0.1) is 0 Å².